The average Bonchev–Trinajstić information content (AvgIpc) is 3.82. The van der Waals surface area contributed by atoms with Crippen molar-refractivity contribution in [3.63, 3.8) is 0 Å². The topological polar surface area (TPSA) is 139 Å². The van der Waals surface area contributed by atoms with E-state index in [1.54, 1.807) is 43.9 Å². The van der Waals surface area contributed by atoms with Gasteiger partial charge in [-0.2, -0.15) is 0 Å². The van der Waals surface area contributed by atoms with Gasteiger partial charge in [-0.25, -0.2) is 4.98 Å². The molecule has 1 saturated heterocycles. The van der Waals surface area contributed by atoms with Crippen LogP contribution in [0.3, 0.4) is 0 Å². The Balaban J connectivity index is 0.000000215. The SMILES string of the molecule is COc1ccc(C(=O)NC(C(=O)NC(C)Cn2ccnc2)C(C)C)cc1.Cc1[nH]c2ccc(C(=O)NCC3CCCO3)cc2c1C. The number of nitrogens with one attached hydrogen (secondary N) is 4. The number of carbonyl (C=O) groups is 3. The molecule has 11 heteroatoms. The van der Waals surface area contributed by atoms with Crippen molar-refractivity contribution in [2.75, 3.05) is 20.3 Å². The number of ether oxygens (including phenoxy) is 2. The number of fused-ring (bicyclic) bond motifs is 1. The van der Waals surface area contributed by atoms with Gasteiger partial charge in [-0.3, -0.25) is 14.4 Å². The molecule has 3 amide bonds. The fourth-order valence-electron chi connectivity index (χ4n) is 5.31. The van der Waals surface area contributed by atoms with Gasteiger partial charge in [0.15, 0.2) is 0 Å². The van der Waals surface area contributed by atoms with Gasteiger partial charge < -0.3 is 35.0 Å². The molecule has 2 aromatic heterocycles. The van der Waals surface area contributed by atoms with Crippen molar-refractivity contribution in [3.8, 4) is 5.75 Å². The normalized spacial score (nSPS) is 15.5. The highest BCUT2D eigenvalue weighted by molar-refractivity contribution is 5.99. The number of benzene rings is 2. The summed E-state index contributed by atoms with van der Waals surface area (Å²) >= 11 is 0. The number of imidazole rings is 1. The molecular formula is C35H46N6O5. The largest absolute Gasteiger partial charge is 0.497 e. The highest BCUT2D eigenvalue weighted by Gasteiger charge is 2.26. The van der Waals surface area contributed by atoms with Crippen molar-refractivity contribution in [1.29, 1.82) is 0 Å². The number of aromatic amines is 1. The molecule has 1 fully saturated rings. The zero-order valence-electron chi connectivity index (χ0n) is 27.6. The maximum Gasteiger partial charge on any atom is 0.251 e. The summed E-state index contributed by atoms with van der Waals surface area (Å²) < 4.78 is 12.5. The molecule has 3 atom stereocenters. The number of hydrogen-bond acceptors (Lipinski definition) is 6. The Bertz CT molecular complexity index is 1590. The molecule has 11 nitrogen and oxygen atoms in total. The van der Waals surface area contributed by atoms with Crippen molar-refractivity contribution in [2.24, 2.45) is 5.92 Å². The van der Waals surface area contributed by atoms with Crippen molar-refractivity contribution < 1.29 is 23.9 Å². The first-order valence-corrected chi connectivity index (χ1v) is 15.8. The predicted octanol–water partition coefficient (Wildman–Crippen LogP) is 4.54. The molecule has 0 saturated carbocycles. The summed E-state index contributed by atoms with van der Waals surface area (Å²) in [4.78, 5) is 44.6. The number of aryl methyl sites for hydroxylation is 2. The van der Waals surface area contributed by atoms with E-state index in [1.165, 1.54) is 5.56 Å². The van der Waals surface area contributed by atoms with Crippen LogP contribution in [0.5, 0.6) is 5.75 Å². The van der Waals surface area contributed by atoms with Crippen LogP contribution in [-0.2, 0) is 16.1 Å². The second-order valence-electron chi connectivity index (χ2n) is 12.1. The second kappa shape index (κ2) is 16.1. The Hall–Kier alpha value is -4.64. The van der Waals surface area contributed by atoms with Gasteiger partial charge in [-0.15, -0.1) is 0 Å². The van der Waals surface area contributed by atoms with E-state index in [2.05, 4.69) is 32.8 Å². The van der Waals surface area contributed by atoms with Crippen LogP contribution in [0.2, 0.25) is 0 Å². The number of carbonyl (C=O) groups excluding carboxylic acids is 3. The van der Waals surface area contributed by atoms with Crippen LogP contribution in [0.1, 0.15) is 65.6 Å². The maximum atomic E-state index is 12.6. The number of hydrogen-bond donors (Lipinski definition) is 4. The fourth-order valence-corrected chi connectivity index (χ4v) is 5.31. The number of rotatable bonds is 11. The third-order valence-electron chi connectivity index (χ3n) is 8.11. The highest BCUT2D eigenvalue weighted by Crippen LogP contribution is 2.22. The van der Waals surface area contributed by atoms with Crippen LogP contribution in [-0.4, -0.2) is 70.7 Å². The minimum atomic E-state index is -0.616. The minimum Gasteiger partial charge on any atom is -0.497 e. The molecule has 3 heterocycles. The highest BCUT2D eigenvalue weighted by atomic mass is 16.5. The molecule has 4 aromatic rings. The molecule has 1 aliphatic rings. The van der Waals surface area contributed by atoms with E-state index in [1.807, 2.05) is 56.7 Å². The lowest BCUT2D eigenvalue weighted by Gasteiger charge is -2.24. The summed E-state index contributed by atoms with van der Waals surface area (Å²) in [6.45, 7) is 11.9. The van der Waals surface area contributed by atoms with Gasteiger partial charge in [0.2, 0.25) is 5.91 Å². The molecule has 4 N–H and O–H groups in total. The molecule has 246 valence electrons. The molecule has 3 unspecified atom stereocenters. The zero-order chi connectivity index (χ0) is 33.2. The first-order valence-electron chi connectivity index (χ1n) is 15.8. The first-order chi connectivity index (χ1) is 22.0. The number of aromatic nitrogens is 3. The summed E-state index contributed by atoms with van der Waals surface area (Å²) in [5, 5.41) is 9.85. The Labute approximate surface area is 270 Å². The van der Waals surface area contributed by atoms with E-state index in [0.29, 0.717) is 30.0 Å². The second-order valence-corrected chi connectivity index (χ2v) is 12.1. The van der Waals surface area contributed by atoms with Gasteiger partial charge in [0.1, 0.15) is 11.8 Å². The zero-order valence-corrected chi connectivity index (χ0v) is 27.6. The van der Waals surface area contributed by atoms with Gasteiger partial charge in [0.05, 0.1) is 19.5 Å². The van der Waals surface area contributed by atoms with Crippen molar-refractivity contribution in [2.45, 2.75) is 72.2 Å². The molecule has 2 aromatic carbocycles. The van der Waals surface area contributed by atoms with Crippen LogP contribution in [0.15, 0.2) is 61.2 Å². The third-order valence-corrected chi connectivity index (χ3v) is 8.11. The lowest BCUT2D eigenvalue weighted by molar-refractivity contribution is -0.124. The molecule has 0 bridgehead atoms. The van der Waals surface area contributed by atoms with Gasteiger partial charge in [-0.05, 0) is 87.6 Å². The molecular weight excluding hydrogens is 584 g/mol. The fraction of sp³-hybridized carbons (Fsp3) is 0.429. The maximum absolute atomic E-state index is 12.6. The van der Waals surface area contributed by atoms with Gasteiger partial charge in [-0.1, -0.05) is 13.8 Å². The monoisotopic (exact) mass is 630 g/mol. The Morgan fingerprint density at radius 3 is 2.41 bits per heavy atom. The van der Waals surface area contributed by atoms with E-state index in [4.69, 9.17) is 9.47 Å². The molecule has 0 radical (unpaired) electrons. The van der Waals surface area contributed by atoms with Crippen LogP contribution < -0.4 is 20.7 Å². The van der Waals surface area contributed by atoms with Crippen LogP contribution in [0.4, 0.5) is 0 Å². The van der Waals surface area contributed by atoms with E-state index in [9.17, 15) is 14.4 Å². The van der Waals surface area contributed by atoms with Crippen molar-refractivity contribution in [1.82, 2.24) is 30.5 Å². The number of nitrogens with zero attached hydrogens (tertiary/aromatic N) is 2. The van der Waals surface area contributed by atoms with Gasteiger partial charge in [0.25, 0.3) is 11.8 Å². The predicted molar refractivity (Wildman–Crippen MR) is 178 cm³/mol. The summed E-state index contributed by atoms with van der Waals surface area (Å²) in [6, 6.07) is 11.9. The Morgan fingerprint density at radius 2 is 1.78 bits per heavy atom. The summed E-state index contributed by atoms with van der Waals surface area (Å²) in [6.07, 6.45) is 7.55. The summed E-state index contributed by atoms with van der Waals surface area (Å²) in [5.41, 5.74) is 4.62. The van der Waals surface area contributed by atoms with E-state index in [-0.39, 0.29) is 35.8 Å². The molecule has 5 rings (SSSR count). The molecule has 1 aliphatic heterocycles. The summed E-state index contributed by atoms with van der Waals surface area (Å²) in [7, 11) is 1.57. The molecule has 46 heavy (non-hydrogen) atoms. The van der Waals surface area contributed by atoms with Crippen LogP contribution in [0.25, 0.3) is 10.9 Å². The standard InChI is InChI=1S/C19H26N4O3.C16H20N2O2/c1-13(2)17(19(25)21-14(3)11-23-10-9-20-12-23)22-18(24)15-5-7-16(26-4)8-6-15;1-10-11(2)18-15-6-5-12(8-14(10)15)16(19)17-9-13-4-3-7-20-13/h5-10,12-14,17H,11H2,1-4H3,(H,21,25)(H,22,24);5-6,8,13,18H,3-4,7,9H2,1-2H3,(H,17,19). The van der Waals surface area contributed by atoms with Crippen molar-refractivity contribution >= 4 is 28.6 Å². The van der Waals surface area contributed by atoms with Gasteiger partial charge in [0, 0.05) is 65.9 Å². The third kappa shape index (κ3) is 9.20. The van der Waals surface area contributed by atoms with E-state index < -0.39 is 6.04 Å². The smallest absolute Gasteiger partial charge is 0.251 e. The average molecular weight is 631 g/mol. The molecule has 0 spiro atoms. The van der Waals surface area contributed by atoms with Crippen molar-refractivity contribution in [3.05, 3.63) is 83.6 Å². The van der Waals surface area contributed by atoms with Gasteiger partial charge >= 0.3 is 0 Å². The first kappa shape index (κ1) is 34.2. The number of amides is 3. The van der Waals surface area contributed by atoms with E-state index in [0.717, 1.165) is 36.0 Å². The van der Waals surface area contributed by atoms with Crippen LogP contribution in [0, 0.1) is 19.8 Å². The number of H-pyrrole nitrogens is 1. The Kier molecular flexibility index (Phi) is 12.0. The number of methoxy groups -OCH3 is 1. The minimum absolute atomic E-state index is 0.0272. The molecule has 0 aliphatic carbocycles. The van der Waals surface area contributed by atoms with E-state index >= 15 is 0 Å². The lowest BCUT2D eigenvalue weighted by atomic mass is 10.0. The quantitative estimate of drug-likeness (QED) is 0.192. The Morgan fingerprint density at radius 1 is 1.04 bits per heavy atom. The lowest BCUT2D eigenvalue weighted by Crippen LogP contribution is -2.52. The van der Waals surface area contributed by atoms with Crippen LogP contribution >= 0.6 is 0 Å². The summed E-state index contributed by atoms with van der Waals surface area (Å²) in [5.74, 6) is 0.115.